The molecule has 2 N–H and O–H groups in total. The number of rotatable bonds is 6. The number of amides is 1. The first-order valence-electron chi connectivity index (χ1n) is 11.0. The van der Waals surface area contributed by atoms with E-state index < -0.39 is 22.0 Å². The van der Waals surface area contributed by atoms with Gasteiger partial charge in [0.1, 0.15) is 6.04 Å². The number of hydrogen-bond acceptors (Lipinski definition) is 7. The Morgan fingerprint density at radius 3 is 1.97 bits per heavy atom. The van der Waals surface area contributed by atoms with Crippen molar-refractivity contribution in [3.63, 3.8) is 0 Å². The van der Waals surface area contributed by atoms with Crippen LogP contribution in [-0.4, -0.2) is 46.8 Å². The summed E-state index contributed by atoms with van der Waals surface area (Å²) in [5, 5.41) is 2.78. The largest absolute Gasteiger partial charge is 0.490 e. The highest BCUT2D eigenvalue weighted by Gasteiger charge is 2.29. The van der Waals surface area contributed by atoms with Gasteiger partial charge in [0.15, 0.2) is 23.0 Å². The Hall–Kier alpha value is -2.98. The van der Waals surface area contributed by atoms with Gasteiger partial charge >= 0.3 is 0 Å². The van der Waals surface area contributed by atoms with E-state index in [0.29, 0.717) is 61.5 Å². The van der Waals surface area contributed by atoms with Gasteiger partial charge in [0, 0.05) is 30.7 Å². The molecule has 33 heavy (non-hydrogen) atoms. The highest BCUT2D eigenvalue weighted by molar-refractivity contribution is 7.89. The number of ether oxygens (including phenoxy) is 4. The number of nitrogens with one attached hydrogen (secondary N) is 2. The average molecular weight is 477 g/mol. The summed E-state index contributed by atoms with van der Waals surface area (Å²) in [6, 6.07) is 8.52. The lowest BCUT2D eigenvalue weighted by Gasteiger charge is -2.22. The molecule has 178 valence electrons. The van der Waals surface area contributed by atoms with Crippen molar-refractivity contribution in [1.29, 1.82) is 0 Å². The third-order valence-electron chi connectivity index (χ3n) is 5.28. The van der Waals surface area contributed by atoms with E-state index in [-0.39, 0.29) is 10.8 Å². The summed E-state index contributed by atoms with van der Waals surface area (Å²) in [6.07, 6.45) is 1.48. The second-order valence-electron chi connectivity index (χ2n) is 8.20. The van der Waals surface area contributed by atoms with Crippen molar-refractivity contribution in [3.05, 3.63) is 36.4 Å². The lowest BCUT2D eigenvalue weighted by atomic mass is 10.0. The van der Waals surface area contributed by atoms with E-state index in [1.807, 2.05) is 0 Å². The van der Waals surface area contributed by atoms with E-state index in [0.717, 1.165) is 6.42 Å². The van der Waals surface area contributed by atoms with E-state index in [2.05, 4.69) is 10.0 Å². The molecule has 0 unspecified atom stereocenters. The van der Waals surface area contributed by atoms with Crippen LogP contribution in [0.4, 0.5) is 5.69 Å². The standard InChI is InChI=1S/C23H28N2O7S/c1-15(2)22(23(26)24-16-5-7-18-20(13-16)31-11-3-9-29-18)25-33(27,28)17-6-8-19-21(14-17)32-12-4-10-30-19/h5-8,13-15,22,25H,3-4,9-12H2,1-2H3,(H,24,26)/t22-/m0/s1. The Bertz CT molecular complexity index is 1120. The van der Waals surface area contributed by atoms with Crippen LogP contribution in [0.1, 0.15) is 26.7 Å². The zero-order valence-electron chi connectivity index (χ0n) is 18.6. The van der Waals surface area contributed by atoms with Gasteiger partial charge in [-0.3, -0.25) is 4.79 Å². The third kappa shape index (κ3) is 5.51. The summed E-state index contributed by atoms with van der Waals surface area (Å²) in [4.78, 5) is 13.0. The van der Waals surface area contributed by atoms with Crippen LogP contribution in [0.25, 0.3) is 0 Å². The Morgan fingerprint density at radius 2 is 1.36 bits per heavy atom. The molecule has 0 saturated heterocycles. The molecule has 2 aromatic carbocycles. The van der Waals surface area contributed by atoms with Crippen LogP contribution >= 0.6 is 0 Å². The minimum absolute atomic E-state index is 0.000722. The van der Waals surface area contributed by atoms with Crippen LogP contribution in [0.3, 0.4) is 0 Å². The molecule has 0 aromatic heterocycles. The smallest absolute Gasteiger partial charge is 0.242 e. The Balaban J connectivity index is 1.51. The minimum atomic E-state index is -4.00. The van der Waals surface area contributed by atoms with Crippen molar-refractivity contribution in [2.24, 2.45) is 5.92 Å². The lowest BCUT2D eigenvalue weighted by molar-refractivity contribution is -0.118. The predicted molar refractivity (Wildman–Crippen MR) is 122 cm³/mol. The molecule has 9 nitrogen and oxygen atoms in total. The third-order valence-corrected chi connectivity index (χ3v) is 6.71. The highest BCUT2D eigenvalue weighted by Crippen LogP contribution is 2.33. The van der Waals surface area contributed by atoms with Gasteiger partial charge in [-0.25, -0.2) is 8.42 Å². The number of sulfonamides is 1. The molecule has 2 aliphatic heterocycles. The van der Waals surface area contributed by atoms with Crippen LogP contribution in [0.15, 0.2) is 41.3 Å². The van der Waals surface area contributed by atoms with Crippen LogP contribution in [0, 0.1) is 5.92 Å². The van der Waals surface area contributed by atoms with Crippen LogP contribution in [0.5, 0.6) is 23.0 Å². The summed E-state index contributed by atoms with van der Waals surface area (Å²) in [6.45, 7) is 5.58. The maximum Gasteiger partial charge on any atom is 0.242 e. The molecule has 4 rings (SSSR count). The first kappa shape index (κ1) is 23.2. The second-order valence-corrected chi connectivity index (χ2v) is 9.92. The SMILES string of the molecule is CC(C)[C@H](NS(=O)(=O)c1ccc2c(c1)OCCCO2)C(=O)Nc1ccc2c(c1)OCCCO2. The number of fused-ring (bicyclic) bond motifs is 2. The average Bonchev–Trinajstić information content (AvgIpc) is 3.16. The van der Waals surface area contributed by atoms with E-state index in [1.165, 1.54) is 12.1 Å². The van der Waals surface area contributed by atoms with Crippen molar-refractivity contribution in [2.45, 2.75) is 37.6 Å². The second kappa shape index (κ2) is 9.88. The van der Waals surface area contributed by atoms with Crippen LogP contribution < -0.4 is 29.0 Å². The molecule has 0 bridgehead atoms. The van der Waals surface area contributed by atoms with Gasteiger partial charge in [-0.15, -0.1) is 0 Å². The van der Waals surface area contributed by atoms with Crippen molar-refractivity contribution in [3.8, 4) is 23.0 Å². The molecule has 2 aliphatic rings. The molecule has 2 aromatic rings. The van der Waals surface area contributed by atoms with Gasteiger partial charge in [0.25, 0.3) is 0 Å². The van der Waals surface area contributed by atoms with E-state index in [4.69, 9.17) is 18.9 Å². The number of carbonyl (C=O) groups excluding carboxylic acids is 1. The summed E-state index contributed by atoms with van der Waals surface area (Å²) < 4.78 is 51.1. The van der Waals surface area contributed by atoms with Crippen molar-refractivity contribution in [1.82, 2.24) is 4.72 Å². The molecule has 0 aliphatic carbocycles. The van der Waals surface area contributed by atoms with Gasteiger partial charge in [-0.2, -0.15) is 4.72 Å². The van der Waals surface area contributed by atoms with E-state index in [9.17, 15) is 13.2 Å². The van der Waals surface area contributed by atoms with E-state index in [1.54, 1.807) is 38.1 Å². The maximum absolute atomic E-state index is 13.1. The molecule has 10 heteroatoms. The fraction of sp³-hybridized carbons (Fsp3) is 0.435. The van der Waals surface area contributed by atoms with E-state index >= 15 is 0 Å². The molecule has 0 fully saturated rings. The highest BCUT2D eigenvalue weighted by atomic mass is 32.2. The maximum atomic E-state index is 13.1. The van der Waals surface area contributed by atoms with Gasteiger partial charge in [-0.1, -0.05) is 13.8 Å². The number of benzene rings is 2. The zero-order valence-corrected chi connectivity index (χ0v) is 19.4. The molecule has 2 heterocycles. The Kier molecular flexibility index (Phi) is 6.94. The fourth-order valence-electron chi connectivity index (χ4n) is 3.50. The number of anilines is 1. The summed E-state index contributed by atoms with van der Waals surface area (Å²) in [7, 11) is -4.00. The quantitative estimate of drug-likeness (QED) is 0.659. The van der Waals surface area contributed by atoms with Gasteiger partial charge in [-0.05, 0) is 30.2 Å². The van der Waals surface area contributed by atoms with Gasteiger partial charge in [0.05, 0.1) is 31.3 Å². The predicted octanol–water partition coefficient (Wildman–Crippen LogP) is 2.95. The summed E-state index contributed by atoms with van der Waals surface area (Å²) in [5.74, 6) is 1.24. The molecular weight excluding hydrogens is 448 g/mol. The molecule has 1 amide bonds. The molecule has 1 atom stereocenters. The van der Waals surface area contributed by atoms with Crippen LogP contribution in [0.2, 0.25) is 0 Å². The van der Waals surface area contributed by atoms with Gasteiger partial charge < -0.3 is 24.3 Å². The lowest BCUT2D eigenvalue weighted by Crippen LogP contribution is -2.47. The first-order chi connectivity index (χ1) is 15.8. The topological polar surface area (TPSA) is 112 Å². The Morgan fingerprint density at radius 1 is 0.818 bits per heavy atom. The van der Waals surface area contributed by atoms with Crippen molar-refractivity contribution >= 4 is 21.6 Å². The molecule has 0 spiro atoms. The van der Waals surface area contributed by atoms with Gasteiger partial charge in [0.2, 0.25) is 15.9 Å². The minimum Gasteiger partial charge on any atom is -0.490 e. The van der Waals surface area contributed by atoms with Crippen LogP contribution in [-0.2, 0) is 14.8 Å². The monoisotopic (exact) mass is 476 g/mol. The normalized spacial score (nSPS) is 16.5. The first-order valence-corrected chi connectivity index (χ1v) is 12.4. The Labute approximate surface area is 193 Å². The molecule has 0 radical (unpaired) electrons. The summed E-state index contributed by atoms with van der Waals surface area (Å²) >= 11 is 0. The zero-order chi connectivity index (χ0) is 23.4. The van der Waals surface area contributed by atoms with Crippen molar-refractivity contribution < 1.29 is 32.2 Å². The molecule has 0 saturated carbocycles. The fourth-order valence-corrected chi connectivity index (χ4v) is 4.86. The number of carbonyl (C=O) groups is 1. The van der Waals surface area contributed by atoms with Crippen molar-refractivity contribution in [2.75, 3.05) is 31.7 Å². The molecular formula is C23H28N2O7S. The summed E-state index contributed by atoms with van der Waals surface area (Å²) in [5.41, 5.74) is 0.490. The number of hydrogen-bond donors (Lipinski definition) is 2.